The van der Waals surface area contributed by atoms with Gasteiger partial charge in [0.05, 0.1) is 42.1 Å². The maximum absolute atomic E-state index is 14.1. The fraction of sp³-hybridized carbons (Fsp3) is 0.479. The van der Waals surface area contributed by atoms with Gasteiger partial charge in [-0.2, -0.15) is 0 Å². The summed E-state index contributed by atoms with van der Waals surface area (Å²) in [7, 11) is 1.32. The van der Waals surface area contributed by atoms with Gasteiger partial charge in [0.25, 0.3) is 0 Å². The minimum atomic E-state index is -0.670. The molecule has 3 aliphatic heterocycles. The molecule has 5 aromatic rings. The van der Waals surface area contributed by atoms with E-state index in [0.29, 0.717) is 38.5 Å². The van der Waals surface area contributed by atoms with Gasteiger partial charge in [-0.05, 0) is 148 Å². The number of ether oxygens (including phenoxy) is 3. The van der Waals surface area contributed by atoms with Crippen molar-refractivity contribution in [1.29, 1.82) is 0 Å². The van der Waals surface area contributed by atoms with Gasteiger partial charge in [0.2, 0.25) is 5.91 Å². The second-order valence-electron chi connectivity index (χ2n) is 18.6. The molecule has 3 amide bonds. The summed E-state index contributed by atoms with van der Waals surface area (Å²) in [5.41, 5.74) is 10.7. The van der Waals surface area contributed by atoms with E-state index in [-0.39, 0.29) is 36.0 Å². The molecule has 318 valence electrons. The summed E-state index contributed by atoms with van der Waals surface area (Å²) >= 11 is 0. The lowest BCUT2D eigenvalue weighted by Gasteiger charge is -2.35. The number of aromatic amines is 2. The van der Waals surface area contributed by atoms with E-state index in [9.17, 15) is 14.4 Å². The van der Waals surface area contributed by atoms with Crippen molar-refractivity contribution in [2.75, 3.05) is 26.9 Å². The van der Waals surface area contributed by atoms with E-state index in [1.54, 1.807) is 0 Å². The van der Waals surface area contributed by atoms with Crippen LogP contribution in [0.15, 0.2) is 60.8 Å². The van der Waals surface area contributed by atoms with Crippen LogP contribution in [0.1, 0.15) is 101 Å². The van der Waals surface area contributed by atoms with Gasteiger partial charge in [0.15, 0.2) is 0 Å². The molecule has 13 nitrogen and oxygen atoms in total. The number of alkyl carbamates (subject to hydrolysis) is 1. The molecule has 0 radical (unpaired) electrons. The number of nitrogens with zero attached hydrogens (tertiary/aromatic N) is 4. The Labute approximate surface area is 355 Å². The second-order valence-corrected chi connectivity index (χ2v) is 18.6. The van der Waals surface area contributed by atoms with Crippen LogP contribution >= 0.6 is 0 Å². The molecule has 13 heteroatoms. The summed E-state index contributed by atoms with van der Waals surface area (Å²) in [5.74, 6) is 1.88. The number of benzene rings is 3. The van der Waals surface area contributed by atoms with E-state index in [1.165, 1.54) is 29.4 Å². The number of imidazole rings is 2. The second kappa shape index (κ2) is 15.6. The predicted octanol–water partition coefficient (Wildman–Crippen LogP) is 8.66. The average Bonchev–Trinajstić information content (AvgIpc) is 4.12. The number of aryl methyl sites for hydroxylation is 2. The highest BCUT2D eigenvalue weighted by atomic mass is 16.6. The van der Waals surface area contributed by atoms with Gasteiger partial charge in [-0.3, -0.25) is 9.69 Å². The average molecular weight is 826 g/mol. The zero-order valence-corrected chi connectivity index (χ0v) is 35.5. The number of amides is 3. The van der Waals surface area contributed by atoms with Crippen LogP contribution in [-0.4, -0.2) is 92.4 Å². The lowest BCUT2D eigenvalue weighted by molar-refractivity contribution is -0.136. The van der Waals surface area contributed by atoms with Crippen molar-refractivity contribution in [3.63, 3.8) is 0 Å². The molecule has 1 unspecified atom stereocenters. The maximum atomic E-state index is 14.1. The third-order valence-electron chi connectivity index (χ3n) is 13.7. The monoisotopic (exact) mass is 825 g/mol. The number of carbonyl (C=O) groups excluding carboxylic acids is 3. The number of nitrogens with one attached hydrogen (secondary N) is 3. The quantitative estimate of drug-likeness (QED) is 0.147. The number of rotatable bonds is 7. The minimum Gasteiger partial charge on any atom is -0.453 e. The van der Waals surface area contributed by atoms with Gasteiger partial charge in [-0.25, -0.2) is 19.6 Å². The predicted molar refractivity (Wildman–Crippen MR) is 230 cm³/mol. The standard InChI is InChI=1S/C48H55N7O6/c1-48(2,3)61-47(58)55-34-13-9-33(24-34)42(55)44-50-37-16-12-29(25-38(37)51-44)28-10-14-35-30(22-28)7-8-31-23-32(11-15-36(31)35)39-26-49-43(52-39)40-6-5-19-54(40)45(56)41(53-46(57)59-4)27-17-20-60-21-18-27/h10-12,14-16,22-23,25-27,33-34,40-42H,5-9,13,17-21,24H2,1-4H3,(H,49,52)(H,50,51)(H,53,57)/t33-,34+,40-,41?,42-/m0/s1. The molecule has 2 bridgehead atoms. The highest BCUT2D eigenvalue weighted by Gasteiger charge is 2.51. The van der Waals surface area contributed by atoms with Crippen LogP contribution in [0.3, 0.4) is 0 Å². The van der Waals surface area contributed by atoms with Crippen LogP contribution in [0.4, 0.5) is 9.59 Å². The Hall–Kier alpha value is -5.69. The van der Waals surface area contributed by atoms with Crippen LogP contribution in [0.25, 0.3) is 44.5 Å². The van der Waals surface area contributed by atoms with Gasteiger partial charge in [0, 0.05) is 25.8 Å². The number of H-pyrrole nitrogens is 2. The fourth-order valence-electron chi connectivity index (χ4n) is 10.8. The number of hydrogen-bond acceptors (Lipinski definition) is 8. The number of carbonyl (C=O) groups is 3. The first-order valence-corrected chi connectivity index (χ1v) is 22.1. The number of methoxy groups -OCH3 is 1. The van der Waals surface area contributed by atoms with Crippen molar-refractivity contribution < 1.29 is 28.6 Å². The minimum absolute atomic E-state index is 0.0149. The number of fused-ring (bicyclic) bond motifs is 6. The summed E-state index contributed by atoms with van der Waals surface area (Å²) in [4.78, 5) is 60.6. The van der Waals surface area contributed by atoms with Gasteiger partial charge in [-0.15, -0.1) is 0 Å². The zero-order valence-electron chi connectivity index (χ0n) is 35.5. The van der Waals surface area contributed by atoms with Crippen LogP contribution in [-0.2, 0) is 31.8 Å². The van der Waals surface area contributed by atoms with Crippen molar-refractivity contribution in [3.05, 3.63) is 83.6 Å². The van der Waals surface area contributed by atoms with E-state index >= 15 is 0 Å². The van der Waals surface area contributed by atoms with Gasteiger partial charge < -0.3 is 34.4 Å². The third kappa shape index (κ3) is 7.44. The molecule has 3 aromatic carbocycles. The molecule has 5 atom stereocenters. The van der Waals surface area contributed by atoms with Crippen molar-refractivity contribution >= 4 is 29.1 Å². The molecule has 1 saturated carbocycles. The summed E-state index contributed by atoms with van der Waals surface area (Å²) in [6.45, 7) is 7.50. The topological polar surface area (TPSA) is 155 Å². The van der Waals surface area contributed by atoms with Crippen LogP contribution in [0, 0.1) is 11.8 Å². The molecular formula is C48H55N7O6. The normalized spacial score (nSPS) is 22.9. The largest absolute Gasteiger partial charge is 0.453 e. The van der Waals surface area contributed by atoms with Crippen LogP contribution in [0.5, 0.6) is 0 Å². The fourth-order valence-corrected chi connectivity index (χ4v) is 10.8. The zero-order chi connectivity index (χ0) is 42.0. The molecule has 2 aliphatic carbocycles. The first kappa shape index (κ1) is 39.4. The van der Waals surface area contributed by atoms with Gasteiger partial charge >= 0.3 is 12.2 Å². The van der Waals surface area contributed by atoms with Crippen molar-refractivity contribution in [3.8, 4) is 33.5 Å². The first-order chi connectivity index (χ1) is 29.5. The summed E-state index contributed by atoms with van der Waals surface area (Å²) in [6.07, 6.45) is 9.07. The maximum Gasteiger partial charge on any atom is 0.411 e. The Morgan fingerprint density at radius 3 is 2.34 bits per heavy atom. The SMILES string of the molecule is COC(=O)NC(C(=O)N1CCC[C@H]1c1ncc(-c2ccc3c(c2)CCc2cc(-c4ccc5nc([C@@H]6[C@H]7CC[C@H](C7)N6C(=O)OC(C)(C)C)[nH]c5c4)ccc2-3)[nH]1)C1CCOCC1. The molecule has 3 N–H and O–H groups in total. The summed E-state index contributed by atoms with van der Waals surface area (Å²) in [5, 5.41) is 2.84. The van der Waals surface area contributed by atoms with Crippen molar-refractivity contribution in [2.45, 2.75) is 108 Å². The Balaban J connectivity index is 0.854. The van der Waals surface area contributed by atoms with Crippen LogP contribution < -0.4 is 5.32 Å². The molecule has 5 aliphatic rings. The van der Waals surface area contributed by atoms with Gasteiger partial charge in [0.1, 0.15) is 23.3 Å². The molecule has 10 rings (SSSR count). The van der Waals surface area contributed by atoms with Crippen LogP contribution in [0.2, 0.25) is 0 Å². The first-order valence-electron chi connectivity index (χ1n) is 22.1. The van der Waals surface area contributed by atoms with Crippen molar-refractivity contribution in [2.24, 2.45) is 11.8 Å². The molecule has 0 spiro atoms. The Morgan fingerprint density at radius 1 is 0.869 bits per heavy atom. The molecule has 2 aromatic heterocycles. The number of likely N-dealkylation sites (tertiary alicyclic amines) is 2. The number of aromatic nitrogens is 4. The lowest BCUT2D eigenvalue weighted by Crippen LogP contribution is -2.53. The highest BCUT2D eigenvalue weighted by molar-refractivity contribution is 5.87. The lowest BCUT2D eigenvalue weighted by atomic mass is 9.83. The smallest absolute Gasteiger partial charge is 0.411 e. The third-order valence-corrected chi connectivity index (χ3v) is 13.7. The van der Waals surface area contributed by atoms with E-state index in [2.05, 4.69) is 69.9 Å². The summed E-state index contributed by atoms with van der Waals surface area (Å²) < 4.78 is 16.3. The van der Waals surface area contributed by atoms with E-state index in [0.717, 1.165) is 90.0 Å². The Bertz CT molecular complexity index is 2500. The van der Waals surface area contributed by atoms with E-state index in [4.69, 9.17) is 24.2 Å². The van der Waals surface area contributed by atoms with E-state index in [1.807, 2.05) is 36.8 Å². The van der Waals surface area contributed by atoms with Crippen molar-refractivity contribution in [1.82, 2.24) is 35.1 Å². The molecular weight excluding hydrogens is 771 g/mol. The highest BCUT2D eigenvalue weighted by Crippen LogP contribution is 2.50. The molecule has 5 heterocycles. The Morgan fingerprint density at radius 2 is 1.59 bits per heavy atom. The molecule has 61 heavy (non-hydrogen) atoms. The summed E-state index contributed by atoms with van der Waals surface area (Å²) in [6, 6.07) is 19.1. The molecule has 4 fully saturated rings. The van der Waals surface area contributed by atoms with E-state index < -0.39 is 17.7 Å². The number of hydrogen-bond donors (Lipinski definition) is 3. The van der Waals surface area contributed by atoms with Gasteiger partial charge in [-0.1, -0.05) is 36.4 Å². The Kier molecular flexibility index (Phi) is 10.1. The molecule has 3 saturated heterocycles. The number of piperidine rings is 1.